The van der Waals surface area contributed by atoms with Gasteiger partial charge in [-0.2, -0.15) is 9.40 Å². The number of ether oxygens (including phenoxy) is 3. The van der Waals surface area contributed by atoms with Crippen LogP contribution in [0.25, 0.3) is 11.4 Å². The highest BCUT2D eigenvalue weighted by Crippen LogP contribution is 2.36. The van der Waals surface area contributed by atoms with E-state index in [0.29, 0.717) is 28.3 Å². The molecule has 5 aromatic rings. The van der Waals surface area contributed by atoms with Gasteiger partial charge in [0.2, 0.25) is 10.0 Å². The number of hydrogen-bond donors (Lipinski definition) is 1. The van der Waals surface area contributed by atoms with Crippen LogP contribution in [0.1, 0.15) is 42.3 Å². The van der Waals surface area contributed by atoms with E-state index in [0.717, 1.165) is 18.2 Å². The van der Waals surface area contributed by atoms with Gasteiger partial charge in [0.15, 0.2) is 0 Å². The molecule has 0 fully saturated rings. The van der Waals surface area contributed by atoms with E-state index >= 15 is 0 Å². The minimum absolute atomic E-state index is 0.00520. The van der Waals surface area contributed by atoms with Gasteiger partial charge in [-0.25, -0.2) is 17.8 Å². The first-order valence-corrected chi connectivity index (χ1v) is 17.0. The number of aliphatic hydroxyl groups excluding tert-OH is 1. The van der Waals surface area contributed by atoms with E-state index in [4.69, 9.17) is 9.47 Å². The van der Waals surface area contributed by atoms with Crippen LogP contribution in [0.15, 0.2) is 97.2 Å². The third-order valence-electron chi connectivity index (χ3n) is 8.24. The number of aromatic nitrogens is 3. The van der Waals surface area contributed by atoms with E-state index in [9.17, 15) is 31.1 Å². The van der Waals surface area contributed by atoms with Crippen LogP contribution in [0, 0.1) is 5.82 Å². The fraction of sp³-hybridized carbons (Fsp3) is 0.278. The summed E-state index contributed by atoms with van der Waals surface area (Å²) in [6, 6.07) is 23.0. The lowest BCUT2D eigenvalue weighted by molar-refractivity contribution is -0.274. The third-order valence-corrected chi connectivity index (χ3v) is 10.7. The molecule has 0 bridgehead atoms. The maximum absolute atomic E-state index is 14.5. The molecule has 2 heterocycles. The van der Waals surface area contributed by atoms with E-state index in [1.54, 1.807) is 66.7 Å². The van der Waals surface area contributed by atoms with E-state index in [1.165, 1.54) is 49.3 Å². The molecule has 0 aliphatic rings. The van der Waals surface area contributed by atoms with Crippen molar-refractivity contribution in [2.24, 2.45) is 0 Å². The molecule has 0 amide bonds. The molecular formula is C36H36F4N4O6S. The molecule has 5 rings (SSSR count). The molecule has 0 aliphatic carbocycles. The molecule has 0 saturated heterocycles. The zero-order valence-electron chi connectivity index (χ0n) is 28.1. The lowest BCUT2D eigenvalue weighted by atomic mass is 10.0. The quantitative estimate of drug-likeness (QED) is 0.123. The van der Waals surface area contributed by atoms with Crippen molar-refractivity contribution in [3.05, 3.63) is 125 Å². The molecule has 10 nitrogen and oxygen atoms in total. The fourth-order valence-electron chi connectivity index (χ4n) is 5.30. The zero-order chi connectivity index (χ0) is 37.0. The molecule has 51 heavy (non-hydrogen) atoms. The number of pyridine rings is 1. The van der Waals surface area contributed by atoms with Crippen molar-refractivity contribution in [2.45, 2.75) is 50.7 Å². The monoisotopic (exact) mass is 728 g/mol. The first kappa shape index (κ1) is 37.3. The van der Waals surface area contributed by atoms with E-state index in [-0.39, 0.29) is 36.6 Å². The fourth-order valence-corrected chi connectivity index (χ4v) is 7.01. The predicted molar refractivity (Wildman–Crippen MR) is 181 cm³/mol. The molecule has 0 spiro atoms. The Balaban J connectivity index is 1.40. The van der Waals surface area contributed by atoms with Crippen LogP contribution in [0.5, 0.6) is 17.2 Å². The van der Waals surface area contributed by atoms with Crippen LogP contribution < -0.4 is 14.2 Å². The van der Waals surface area contributed by atoms with Crippen molar-refractivity contribution in [1.82, 2.24) is 19.1 Å². The molecular weight excluding hydrogens is 692 g/mol. The van der Waals surface area contributed by atoms with Crippen molar-refractivity contribution in [1.29, 1.82) is 0 Å². The van der Waals surface area contributed by atoms with Crippen molar-refractivity contribution in [3.8, 4) is 28.6 Å². The van der Waals surface area contributed by atoms with Crippen LogP contribution in [0.2, 0.25) is 0 Å². The van der Waals surface area contributed by atoms with Gasteiger partial charge >= 0.3 is 6.36 Å². The van der Waals surface area contributed by atoms with Crippen molar-refractivity contribution < 1.29 is 45.3 Å². The summed E-state index contributed by atoms with van der Waals surface area (Å²) in [5.41, 5.74) is 1.95. The summed E-state index contributed by atoms with van der Waals surface area (Å²) in [6.45, 7) is 2.65. The molecule has 0 aliphatic heterocycles. The number of rotatable bonds is 14. The summed E-state index contributed by atoms with van der Waals surface area (Å²) in [5, 5.41) is 16.0. The number of aliphatic hydroxyl groups is 1. The van der Waals surface area contributed by atoms with Gasteiger partial charge in [0, 0.05) is 24.8 Å². The summed E-state index contributed by atoms with van der Waals surface area (Å²) in [6.07, 6.45) is -5.04. The van der Waals surface area contributed by atoms with Gasteiger partial charge in [0.25, 0.3) is 0 Å². The second-order valence-corrected chi connectivity index (χ2v) is 14.6. The molecule has 1 unspecified atom stereocenters. The lowest BCUT2D eigenvalue weighted by Gasteiger charge is -2.35. The first-order valence-electron chi connectivity index (χ1n) is 15.6. The van der Waals surface area contributed by atoms with Gasteiger partial charge in [-0.05, 0) is 85.6 Å². The minimum Gasteiger partial charge on any atom is -0.497 e. The van der Waals surface area contributed by atoms with Gasteiger partial charge in [-0.1, -0.05) is 30.3 Å². The van der Waals surface area contributed by atoms with Crippen molar-refractivity contribution in [2.75, 3.05) is 14.2 Å². The summed E-state index contributed by atoms with van der Waals surface area (Å²) in [7, 11) is -1.18. The van der Waals surface area contributed by atoms with Gasteiger partial charge in [0.05, 0.1) is 32.2 Å². The SMILES string of the molecule is COc1ccc(CN(Cc2ccc(OC)cc2)S(=O)(=O)C(C)(C)C(O)c2cccc(-c3ccn(Cc4cc(OC(F)(F)F)ccc4F)n3)n2)cc1. The first-order chi connectivity index (χ1) is 24.1. The minimum atomic E-state index is -4.94. The molecule has 1 atom stereocenters. The largest absolute Gasteiger partial charge is 0.573 e. The smallest absolute Gasteiger partial charge is 0.497 e. The number of methoxy groups -OCH3 is 2. The van der Waals surface area contributed by atoms with Crippen LogP contribution in [0.3, 0.4) is 0 Å². The Morgan fingerprint density at radius 3 is 1.94 bits per heavy atom. The maximum atomic E-state index is 14.5. The third kappa shape index (κ3) is 8.85. The predicted octanol–water partition coefficient (Wildman–Crippen LogP) is 6.89. The second kappa shape index (κ2) is 15.1. The highest BCUT2D eigenvalue weighted by molar-refractivity contribution is 7.90. The average Bonchev–Trinajstić information content (AvgIpc) is 3.57. The Kier molecular flexibility index (Phi) is 11.0. The Labute approximate surface area is 292 Å². The average molecular weight is 729 g/mol. The number of benzene rings is 3. The van der Waals surface area contributed by atoms with Gasteiger partial charge in [-0.3, -0.25) is 4.68 Å². The van der Waals surface area contributed by atoms with Crippen LogP contribution >= 0.6 is 0 Å². The summed E-state index contributed by atoms with van der Waals surface area (Å²) in [4.78, 5) is 4.52. The Hall–Kier alpha value is -4.99. The van der Waals surface area contributed by atoms with Crippen LogP contribution in [-0.2, 0) is 29.7 Å². The molecule has 270 valence electrons. The van der Waals surface area contributed by atoms with Gasteiger partial charge < -0.3 is 19.3 Å². The summed E-state index contributed by atoms with van der Waals surface area (Å²) >= 11 is 0. The second-order valence-electron chi connectivity index (χ2n) is 12.1. The molecule has 0 saturated carbocycles. The Morgan fingerprint density at radius 1 is 0.824 bits per heavy atom. The number of hydrogen-bond acceptors (Lipinski definition) is 8. The highest BCUT2D eigenvalue weighted by atomic mass is 32.2. The highest BCUT2D eigenvalue weighted by Gasteiger charge is 2.46. The topological polar surface area (TPSA) is 116 Å². The van der Waals surface area contributed by atoms with Crippen LogP contribution in [0.4, 0.5) is 17.6 Å². The molecule has 2 aromatic heterocycles. The Morgan fingerprint density at radius 2 is 1.39 bits per heavy atom. The number of halogens is 4. The molecule has 3 aromatic carbocycles. The van der Waals surface area contributed by atoms with E-state index in [1.807, 2.05) is 0 Å². The number of nitrogens with zero attached hydrogens (tertiary/aromatic N) is 4. The summed E-state index contributed by atoms with van der Waals surface area (Å²) in [5.74, 6) is -0.0847. The van der Waals surface area contributed by atoms with Gasteiger partial charge in [-0.15, -0.1) is 13.2 Å². The number of sulfonamides is 1. The normalized spacial score (nSPS) is 12.9. The van der Waals surface area contributed by atoms with Crippen molar-refractivity contribution in [3.63, 3.8) is 0 Å². The lowest BCUT2D eigenvalue weighted by Crippen LogP contribution is -2.48. The zero-order valence-corrected chi connectivity index (χ0v) is 29.0. The van der Waals surface area contributed by atoms with Gasteiger partial charge in [0.1, 0.15) is 39.6 Å². The summed E-state index contributed by atoms with van der Waals surface area (Å²) < 4.78 is 96.6. The van der Waals surface area contributed by atoms with Crippen molar-refractivity contribution >= 4 is 10.0 Å². The van der Waals surface area contributed by atoms with E-state index < -0.39 is 38.8 Å². The van der Waals surface area contributed by atoms with E-state index in [2.05, 4.69) is 14.8 Å². The Bertz CT molecular complexity index is 2000. The molecule has 15 heteroatoms. The standard InChI is InChI=1S/C36H36F4N4O6S/c1-35(2,51(46,47)44(21-24-8-12-27(48-3)13-9-24)22-25-10-14-28(49-4)15-11-25)34(45)33-7-5-6-31(41-33)32-18-19-43(42-32)23-26-20-29(16-17-30(26)37)50-36(38,39)40/h5-20,34,45H,21-23H2,1-4H3. The molecule has 1 N–H and O–H groups in total. The maximum Gasteiger partial charge on any atom is 0.573 e. The van der Waals surface area contributed by atoms with Crippen LogP contribution in [-0.4, -0.2) is 57.9 Å². The number of alkyl halides is 3. The molecule has 0 radical (unpaired) electrons.